The van der Waals surface area contributed by atoms with Gasteiger partial charge in [-0.3, -0.25) is 9.59 Å². The van der Waals surface area contributed by atoms with Crippen molar-refractivity contribution in [1.82, 2.24) is 4.40 Å². The summed E-state index contributed by atoms with van der Waals surface area (Å²) < 4.78 is 2.06. The van der Waals surface area contributed by atoms with E-state index in [1.54, 1.807) is 0 Å². The largest absolute Gasteiger partial charge is 0.308 e. The minimum absolute atomic E-state index is 0.0925. The number of pyridine rings is 1. The molecule has 2 heterocycles. The molecule has 0 aliphatic heterocycles. The Labute approximate surface area is 158 Å². The zero-order valence-corrected chi connectivity index (χ0v) is 15.3. The molecule has 0 saturated heterocycles. The molecule has 0 saturated carbocycles. The first-order chi connectivity index (χ1) is 13.2. The monoisotopic (exact) mass is 355 g/mol. The van der Waals surface area contributed by atoms with E-state index in [1.807, 2.05) is 66.7 Å². The average Bonchev–Trinajstić information content (AvgIpc) is 3.13. The fraction of sp³-hybridized carbons (Fsp3) is 0.167. The van der Waals surface area contributed by atoms with Crippen LogP contribution in [-0.4, -0.2) is 16.5 Å². The van der Waals surface area contributed by atoms with Gasteiger partial charge in [0.2, 0.25) is 0 Å². The molecule has 0 atom stereocenters. The van der Waals surface area contributed by atoms with E-state index in [4.69, 9.17) is 0 Å². The second kappa shape index (κ2) is 7.20. The Morgan fingerprint density at radius 1 is 1.00 bits per heavy atom. The second-order valence-corrected chi connectivity index (χ2v) is 6.80. The molecule has 0 unspecified atom stereocenters. The summed E-state index contributed by atoms with van der Waals surface area (Å²) in [4.78, 5) is 24.8. The predicted octanol–water partition coefficient (Wildman–Crippen LogP) is 5.94. The lowest BCUT2D eigenvalue weighted by atomic mass is 10.0. The summed E-state index contributed by atoms with van der Waals surface area (Å²) in [5.74, 6) is 0.0925. The van der Waals surface area contributed by atoms with Crippen LogP contribution in [0, 0.1) is 0 Å². The second-order valence-electron chi connectivity index (χ2n) is 6.80. The minimum Gasteiger partial charge on any atom is -0.308 e. The van der Waals surface area contributed by atoms with Crippen molar-refractivity contribution in [3.8, 4) is 11.3 Å². The van der Waals surface area contributed by atoms with Gasteiger partial charge in [0, 0.05) is 17.5 Å². The highest BCUT2D eigenvalue weighted by Crippen LogP contribution is 2.33. The Morgan fingerprint density at radius 3 is 2.48 bits per heavy atom. The normalized spacial score (nSPS) is 11.1. The zero-order chi connectivity index (χ0) is 18.8. The molecular weight excluding hydrogens is 334 g/mol. The van der Waals surface area contributed by atoms with Crippen molar-refractivity contribution >= 4 is 28.5 Å². The van der Waals surface area contributed by atoms with Crippen molar-refractivity contribution in [3.05, 3.63) is 77.9 Å². The minimum atomic E-state index is 0.0925. The number of benzene rings is 2. The van der Waals surface area contributed by atoms with Crippen LogP contribution in [0.15, 0.2) is 66.7 Å². The van der Waals surface area contributed by atoms with Gasteiger partial charge in [-0.15, -0.1) is 0 Å². The third-order valence-corrected chi connectivity index (χ3v) is 5.02. The summed E-state index contributed by atoms with van der Waals surface area (Å²) in [5, 5.41) is 0.979. The molecule has 0 aliphatic carbocycles. The van der Waals surface area contributed by atoms with Crippen molar-refractivity contribution in [2.24, 2.45) is 0 Å². The fourth-order valence-electron chi connectivity index (χ4n) is 3.69. The molecule has 0 amide bonds. The number of carbonyl (C=O) groups is 2. The highest BCUT2D eigenvalue weighted by molar-refractivity contribution is 6.10. The highest BCUT2D eigenvalue weighted by Gasteiger charge is 2.20. The van der Waals surface area contributed by atoms with E-state index in [-0.39, 0.29) is 5.78 Å². The molecule has 27 heavy (non-hydrogen) atoms. The molecule has 2 aromatic heterocycles. The molecule has 0 spiro atoms. The maximum absolute atomic E-state index is 12.9. The maximum atomic E-state index is 12.9. The van der Waals surface area contributed by atoms with Crippen LogP contribution in [0.5, 0.6) is 0 Å². The SMILES string of the molecule is CCCCC(=O)c1cc(-c2ccccc2)n2c1c(C=O)cc1ccccc12. The number of para-hydroxylation sites is 1. The maximum Gasteiger partial charge on any atom is 0.165 e. The van der Waals surface area contributed by atoms with Gasteiger partial charge in [-0.05, 0) is 35.6 Å². The molecule has 4 rings (SSSR count). The van der Waals surface area contributed by atoms with Gasteiger partial charge in [0.1, 0.15) is 0 Å². The molecule has 0 aliphatic rings. The van der Waals surface area contributed by atoms with E-state index in [1.165, 1.54) is 0 Å². The van der Waals surface area contributed by atoms with Gasteiger partial charge < -0.3 is 4.40 Å². The number of unbranched alkanes of at least 4 members (excludes halogenated alkanes) is 1. The Morgan fingerprint density at radius 2 is 1.74 bits per heavy atom. The van der Waals surface area contributed by atoms with Crippen molar-refractivity contribution in [2.45, 2.75) is 26.2 Å². The van der Waals surface area contributed by atoms with Crippen LogP contribution in [-0.2, 0) is 0 Å². The van der Waals surface area contributed by atoms with E-state index in [2.05, 4.69) is 11.3 Å². The zero-order valence-electron chi connectivity index (χ0n) is 15.3. The molecule has 0 N–H and O–H groups in total. The molecule has 134 valence electrons. The number of carbonyl (C=O) groups excluding carboxylic acids is 2. The number of fused-ring (bicyclic) bond motifs is 3. The molecule has 2 aromatic carbocycles. The smallest absolute Gasteiger partial charge is 0.165 e. The van der Waals surface area contributed by atoms with E-state index in [0.717, 1.165) is 41.3 Å². The van der Waals surface area contributed by atoms with Crippen molar-refractivity contribution in [3.63, 3.8) is 0 Å². The molecule has 4 aromatic rings. The summed E-state index contributed by atoms with van der Waals surface area (Å²) in [7, 11) is 0. The number of nitrogens with zero attached hydrogens (tertiary/aromatic N) is 1. The molecule has 0 fully saturated rings. The van der Waals surface area contributed by atoms with Crippen molar-refractivity contribution in [1.29, 1.82) is 0 Å². The number of rotatable bonds is 6. The Kier molecular flexibility index (Phi) is 4.59. The summed E-state index contributed by atoms with van der Waals surface area (Å²) in [6.07, 6.45) is 3.16. The van der Waals surface area contributed by atoms with Crippen molar-refractivity contribution in [2.75, 3.05) is 0 Å². The van der Waals surface area contributed by atoms with Crippen LogP contribution in [0.25, 0.3) is 27.7 Å². The van der Waals surface area contributed by atoms with Crippen LogP contribution >= 0.6 is 0 Å². The van der Waals surface area contributed by atoms with Gasteiger partial charge in [0.15, 0.2) is 12.1 Å². The van der Waals surface area contributed by atoms with Crippen LogP contribution in [0.3, 0.4) is 0 Å². The molecule has 3 nitrogen and oxygen atoms in total. The van der Waals surface area contributed by atoms with Gasteiger partial charge in [-0.2, -0.15) is 0 Å². The topological polar surface area (TPSA) is 38.5 Å². The highest BCUT2D eigenvalue weighted by atomic mass is 16.1. The van der Waals surface area contributed by atoms with Crippen molar-refractivity contribution < 1.29 is 9.59 Å². The summed E-state index contributed by atoms with van der Waals surface area (Å²) in [6, 6.07) is 21.8. The summed E-state index contributed by atoms with van der Waals surface area (Å²) in [5.41, 5.74) is 4.85. The Hall–Kier alpha value is -3.20. The van der Waals surface area contributed by atoms with Gasteiger partial charge in [-0.25, -0.2) is 0 Å². The average molecular weight is 355 g/mol. The van der Waals surface area contributed by atoms with Crippen LogP contribution in [0.2, 0.25) is 0 Å². The molecule has 3 heteroatoms. The Bertz CT molecular complexity index is 1140. The third kappa shape index (κ3) is 2.95. The number of Topliss-reactive ketones (excluding diaryl/α,β-unsaturated/α-hetero) is 1. The van der Waals surface area contributed by atoms with E-state index in [0.29, 0.717) is 23.1 Å². The first-order valence-electron chi connectivity index (χ1n) is 9.35. The number of aldehydes is 1. The lowest BCUT2D eigenvalue weighted by molar-refractivity contribution is 0.0981. The predicted molar refractivity (Wildman–Crippen MR) is 110 cm³/mol. The number of hydrogen-bond donors (Lipinski definition) is 0. The van der Waals surface area contributed by atoms with Crippen LogP contribution < -0.4 is 0 Å². The standard InChI is InChI=1S/C24H21NO2/c1-2-3-13-23(27)20-15-22(17-9-5-4-6-10-17)25-21-12-8-7-11-18(21)14-19(16-26)24(20)25/h4-12,14-16H,2-3,13H2,1H3. The van der Waals surface area contributed by atoms with E-state index in [9.17, 15) is 9.59 Å². The first kappa shape index (κ1) is 17.2. The van der Waals surface area contributed by atoms with Crippen LogP contribution in [0.1, 0.15) is 46.9 Å². The molecule has 0 radical (unpaired) electrons. The van der Waals surface area contributed by atoms with E-state index < -0.39 is 0 Å². The molecular formula is C24H21NO2. The quantitative estimate of drug-likeness (QED) is 0.317. The summed E-state index contributed by atoms with van der Waals surface area (Å²) >= 11 is 0. The molecule has 0 bridgehead atoms. The number of hydrogen-bond acceptors (Lipinski definition) is 2. The van der Waals surface area contributed by atoms with Gasteiger partial charge in [0.05, 0.1) is 16.7 Å². The van der Waals surface area contributed by atoms with Gasteiger partial charge in [-0.1, -0.05) is 61.9 Å². The third-order valence-electron chi connectivity index (χ3n) is 5.02. The fourth-order valence-corrected chi connectivity index (χ4v) is 3.69. The van der Waals surface area contributed by atoms with Crippen LogP contribution in [0.4, 0.5) is 0 Å². The Balaban J connectivity index is 2.12. The first-order valence-corrected chi connectivity index (χ1v) is 9.35. The van der Waals surface area contributed by atoms with Gasteiger partial charge >= 0.3 is 0 Å². The summed E-state index contributed by atoms with van der Waals surface area (Å²) in [6.45, 7) is 2.07. The number of ketones is 1. The lowest BCUT2D eigenvalue weighted by Crippen LogP contribution is -2.01. The van der Waals surface area contributed by atoms with E-state index >= 15 is 0 Å². The van der Waals surface area contributed by atoms with Gasteiger partial charge in [0.25, 0.3) is 0 Å². The number of aromatic nitrogens is 1. The lowest BCUT2D eigenvalue weighted by Gasteiger charge is -2.10.